The average molecular weight is 256 g/mol. The van der Waals surface area contributed by atoms with Crippen LogP contribution in [0.25, 0.3) is 0 Å². The molecule has 1 saturated heterocycles. The Labute approximate surface area is 111 Å². The highest BCUT2D eigenvalue weighted by Gasteiger charge is 2.20. The lowest BCUT2D eigenvalue weighted by atomic mass is 10.1. The summed E-state index contributed by atoms with van der Waals surface area (Å²) in [6.45, 7) is 11.0. The summed E-state index contributed by atoms with van der Waals surface area (Å²) in [5, 5.41) is 9.18. The molecule has 0 spiro atoms. The summed E-state index contributed by atoms with van der Waals surface area (Å²) in [7, 11) is 0. The summed E-state index contributed by atoms with van der Waals surface area (Å²) in [5.41, 5.74) is 0. The van der Waals surface area contributed by atoms with Gasteiger partial charge < -0.3 is 10.0 Å². The van der Waals surface area contributed by atoms with Crippen molar-refractivity contribution in [2.45, 2.75) is 46.1 Å². The summed E-state index contributed by atoms with van der Waals surface area (Å²) in [4.78, 5) is 16.3. The molecule has 0 aromatic carbocycles. The Hall–Kier alpha value is -0.610. The molecule has 1 unspecified atom stereocenters. The number of carbonyl (C=O) groups excluding carboxylic acids is 1. The quantitative estimate of drug-likeness (QED) is 0.780. The molecule has 1 aliphatic rings. The van der Waals surface area contributed by atoms with Gasteiger partial charge in [-0.05, 0) is 32.2 Å². The topological polar surface area (TPSA) is 43.8 Å². The molecule has 0 aromatic rings. The Morgan fingerprint density at radius 1 is 1.11 bits per heavy atom. The van der Waals surface area contributed by atoms with Crippen LogP contribution >= 0.6 is 0 Å². The standard InChI is InChI=1S/C14H28N2O2/c1-12(2)6-7-15-8-10-16(11-9-15)14(18)5-4-13(3)17/h12-13,17H,4-11H2,1-3H3. The third kappa shape index (κ3) is 5.83. The molecular formula is C14H28N2O2. The van der Waals surface area contributed by atoms with Gasteiger partial charge in [-0.1, -0.05) is 13.8 Å². The normalized spacial score (nSPS) is 19.3. The molecule has 0 aliphatic carbocycles. The van der Waals surface area contributed by atoms with Crippen molar-refractivity contribution in [1.29, 1.82) is 0 Å². The van der Waals surface area contributed by atoms with Crippen LogP contribution in [0.2, 0.25) is 0 Å². The first kappa shape index (κ1) is 15.4. The van der Waals surface area contributed by atoms with E-state index in [0.29, 0.717) is 12.8 Å². The first-order valence-electron chi connectivity index (χ1n) is 7.17. The zero-order valence-electron chi connectivity index (χ0n) is 12.1. The van der Waals surface area contributed by atoms with Gasteiger partial charge in [-0.3, -0.25) is 9.69 Å². The molecule has 1 amide bonds. The van der Waals surface area contributed by atoms with Gasteiger partial charge in [0, 0.05) is 32.6 Å². The molecule has 0 aromatic heterocycles. The molecule has 1 heterocycles. The number of aliphatic hydroxyl groups is 1. The number of nitrogens with zero attached hydrogens (tertiary/aromatic N) is 2. The molecule has 1 N–H and O–H groups in total. The van der Waals surface area contributed by atoms with Crippen molar-refractivity contribution < 1.29 is 9.90 Å². The van der Waals surface area contributed by atoms with E-state index in [1.54, 1.807) is 6.92 Å². The van der Waals surface area contributed by atoms with Crippen molar-refractivity contribution in [3.63, 3.8) is 0 Å². The molecule has 0 bridgehead atoms. The maximum Gasteiger partial charge on any atom is 0.222 e. The van der Waals surface area contributed by atoms with E-state index in [9.17, 15) is 9.90 Å². The van der Waals surface area contributed by atoms with E-state index in [0.717, 1.165) is 38.6 Å². The van der Waals surface area contributed by atoms with E-state index in [2.05, 4.69) is 18.7 Å². The largest absolute Gasteiger partial charge is 0.393 e. The van der Waals surface area contributed by atoms with Crippen molar-refractivity contribution in [3.8, 4) is 0 Å². The molecule has 4 nitrogen and oxygen atoms in total. The van der Waals surface area contributed by atoms with Crippen molar-refractivity contribution >= 4 is 5.91 Å². The third-order valence-corrected chi connectivity index (χ3v) is 3.52. The fourth-order valence-electron chi connectivity index (χ4n) is 2.15. The van der Waals surface area contributed by atoms with Gasteiger partial charge in [0.1, 0.15) is 0 Å². The number of aliphatic hydroxyl groups excluding tert-OH is 1. The molecular weight excluding hydrogens is 228 g/mol. The molecule has 0 saturated carbocycles. The fourth-order valence-corrected chi connectivity index (χ4v) is 2.15. The smallest absolute Gasteiger partial charge is 0.222 e. The van der Waals surface area contributed by atoms with Gasteiger partial charge in [-0.15, -0.1) is 0 Å². The molecule has 18 heavy (non-hydrogen) atoms. The van der Waals surface area contributed by atoms with Crippen LogP contribution in [0, 0.1) is 5.92 Å². The summed E-state index contributed by atoms with van der Waals surface area (Å²) in [5.74, 6) is 0.940. The van der Waals surface area contributed by atoms with E-state index in [1.807, 2.05) is 4.90 Å². The SMILES string of the molecule is CC(C)CCN1CCN(C(=O)CCC(C)O)CC1. The Bertz CT molecular complexity index is 246. The number of carbonyl (C=O) groups is 1. The molecule has 106 valence electrons. The Morgan fingerprint density at radius 2 is 1.72 bits per heavy atom. The highest BCUT2D eigenvalue weighted by molar-refractivity contribution is 5.76. The summed E-state index contributed by atoms with van der Waals surface area (Å²) >= 11 is 0. The van der Waals surface area contributed by atoms with Crippen LogP contribution in [0.5, 0.6) is 0 Å². The van der Waals surface area contributed by atoms with Crippen molar-refractivity contribution in [2.75, 3.05) is 32.7 Å². The highest BCUT2D eigenvalue weighted by Crippen LogP contribution is 2.08. The van der Waals surface area contributed by atoms with Crippen molar-refractivity contribution in [3.05, 3.63) is 0 Å². The summed E-state index contributed by atoms with van der Waals surface area (Å²) in [6, 6.07) is 0. The van der Waals surface area contributed by atoms with Crippen LogP contribution in [-0.2, 0) is 4.79 Å². The van der Waals surface area contributed by atoms with Crippen LogP contribution in [0.4, 0.5) is 0 Å². The minimum atomic E-state index is -0.374. The Kier molecular flexibility index (Phi) is 6.65. The van der Waals surface area contributed by atoms with Gasteiger partial charge in [-0.25, -0.2) is 0 Å². The van der Waals surface area contributed by atoms with Gasteiger partial charge in [0.25, 0.3) is 0 Å². The first-order chi connectivity index (χ1) is 8.49. The van der Waals surface area contributed by atoms with E-state index in [1.165, 1.54) is 6.42 Å². The molecule has 0 radical (unpaired) electrons. The van der Waals surface area contributed by atoms with Gasteiger partial charge in [-0.2, -0.15) is 0 Å². The van der Waals surface area contributed by atoms with Gasteiger partial charge >= 0.3 is 0 Å². The third-order valence-electron chi connectivity index (χ3n) is 3.52. The van der Waals surface area contributed by atoms with E-state index < -0.39 is 0 Å². The number of piperazine rings is 1. The van der Waals surface area contributed by atoms with Crippen LogP contribution in [0.15, 0.2) is 0 Å². The van der Waals surface area contributed by atoms with Gasteiger partial charge in [0.05, 0.1) is 6.10 Å². The number of rotatable bonds is 6. The number of amides is 1. The van der Waals surface area contributed by atoms with Crippen LogP contribution in [0.3, 0.4) is 0 Å². The number of hydrogen-bond acceptors (Lipinski definition) is 3. The maximum atomic E-state index is 11.9. The second-order valence-electron chi connectivity index (χ2n) is 5.79. The summed E-state index contributed by atoms with van der Waals surface area (Å²) < 4.78 is 0. The average Bonchev–Trinajstić information content (AvgIpc) is 2.34. The first-order valence-corrected chi connectivity index (χ1v) is 7.17. The lowest BCUT2D eigenvalue weighted by molar-refractivity contribution is -0.133. The molecule has 1 atom stereocenters. The Morgan fingerprint density at radius 3 is 2.22 bits per heavy atom. The molecule has 1 rings (SSSR count). The second kappa shape index (κ2) is 7.74. The molecule has 1 fully saturated rings. The fraction of sp³-hybridized carbons (Fsp3) is 0.929. The minimum Gasteiger partial charge on any atom is -0.393 e. The maximum absolute atomic E-state index is 11.9. The van der Waals surface area contributed by atoms with E-state index >= 15 is 0 Å². The predicted octanol–water partition coefficient (Wildman–Crippen LogP) is 1.34. The number of hydrogen-bond donors (Lipinski definition) is 1. The van der Waals surface area contributed by atoms with Crippen LogP contribution in [0.1, 0.15) is 40.0 Å². The van der Waals surface area contributed by atoms with Gasteiger partial charge in [0.2, 0.25) is 5.91 Å². The lowest BCUT2D eigenvalue weighted by Gasteiger charge is -2.35. The van der Waals surface area contributed by atoms with Crippen molar-refractivity contribution in [1.82, 2.24) is 9.80 Å². The van der Waals surface area contributed by atoms with Crippen LogP contribution < -0.4 is 0 Å². The summed E-state index contributed by atoms with van der Waals surface area (Å²) in [6.07, 6.45) is 1.91. The van der Waals surface area contributed by atoms with E-state index in [4.69, 9.17) is 0 Å². The van der Waals surface area contributed by atoms with Crippen LogP contribution in [-0.4, -0.2) is 59.6 Å². The Balaban J connectivity index is 2.20. The highest BCUT2D eigenvalue weighted by atomic mass is 16.3. The van der Waals surface area contributed by atoms with Crippen molar-refractivity contribution in [2.24, 2.45) is 5.92 Å². The molecule has 4 heteroatoms. The predicted molar refractivity (Wildman–Crippen MR) is 73.4 cm³/mol. The second-order valence-corrected chi connectivity index (χ2v) is 5.79. The monoisotopic (exact) mass is 256 g/mol. The zero-order chi connectivity index (χ0) is 13.5. The zero-order valence-corrected chi connectivity index (χ0v) is 12.1. The van der Waals surface area contributed by atoms with E-state index in [-0.39, 0.29) is 12.0 Å². The minimum absolute atomic E-state index is 0.194. The van der Waals surface area contributed by atoms with Gasteiger partial charge in [0.15, 0.2) is 0 Å². The lowest BCUT2D eigenvalue weighted by Crippen LogP contribution is -2.49. The molecule has 1 aliphatic heterocycles.